The lowest BCUT2D eigenvalue weighted by Gasteiger charge is -2.12. The third-order valence-electron chi connectivity index (χ3n) is 3.47. The molecule has 0 spiro atoms. The molecule has 0 saturated heterocycles. The molecule has 0 aliphatic carbocycles. The van der Waals surface area contributed by atoms with Gasteiger partial charge in [0.1, 0.15) is 5.76 Å². The van der Waals surface area contributed by atoms with E-state index in [0.717, 1.165) is 23.4 Å². The first kappa shape index (κ1) is 12.0. The van der Waals surface area contributed by atoms with Crippen molar-refractivity contribution >= 4 is 10.9 Å². The fraction of sp³-hybridized carbons (Fsp3) is 0.267. The van der Waals surface area contributed by atoms with Gasteiger partial charge in [0.05, 0.1) is 23.5 Å². The molecule has 1 unspecified atom stereocenters. The lowest BCUT2D eigenvalue weighted by molar-refractivity contribution is 0.427. The number of para-hydroxylation sites is 1. The maximum Gasteiger partial charge on any atom is 0.121 e. The van der Waals surface area contributed by atoms with Crippen molar-refractivity contribution in [2.24, 2.45) is 7.05 Å². The van der Waals surface area contributed by atoms with Gasteiger partial charge in [-0.1, -0.05) is 18.2 Å². The molecule has 0 saturated carbocycles. The van der Waals surface area contributed by atoms with Gasteiger partial charge in [-0.05, 0) is 25.2 Å². The molecular formula is C15H17N3O. The summed E-state index contributed by atoms with van der Waals surface area (Å²) in [6, 6.07) is 12.3. The first-order valence-corrected chi connectivity index (χ1v) is 6.41. The molecule has 0 aliphatic rings. The Morgan fingerprint density at radius 1 is 1.26 bits per heavy atom. The number of hydrogen-bond acceptors (Lipinski definition) is 3. The van der Waals surface area contributed by atoms with Gasteiger partial charge >= 0.3 is 0 Å². The highest BCUT2D eigenvalue weighted by Crippen LogP contribution is 2.23. The number of rotatable bonds is 4. The van der Waals surface area contributed by atoms with Crippen molar-refractivity contribution < 1.29 is 4.42 Å². The predicted molar refractivity (Wildman–Crippen MR) is 74.9 cm³/mol. The fourth-order valence-corrected chi connectivity index (χ4v) is 2.47. The lowest BCUT2D eigenvalue weighted by Crippen LogP contribution is -2.18. The molecule has 1 N–H and O–H groups in total. The van der Waals surface area contributed by atoms with Gasteiger partial charge in [0.2, 0.25) is 0 Å². The summed E-state index contributed by atoms with van der Waals surface area (Å²) in [5, 5.41) is 9.11. The van der Waals surface area contributed by atoms with Crippen molar-refractivity contribution in [3.63, 3.8) is 0 Å². The van der Waals surface area contributed by atoms with E-state index in [1.54, 1.807) is 6.26 Å². The molecule has 3 aromatic rings. The Labute approximate surface area is 112 Å². The maximum atomic E-state index is 5.48. The number of furan rings is 1. The molecule has 2 aromatic heterocycles. The van der Waals surface area contributed by atoms with Crippen LogP contribution in [0.3, 0.4) is 0 Å². The molecule has 98 valence electrons. The molecule has 4 heteroatoms. The Hall–Kier alpha value is -2.07. The minimum absolute atomic E-state index is 0.147. The Morgan fingerprint density at radius 3 is 2.84 bits per heavy atom. The van der Waals surface area contributed by atoms with Crippen LogP contribution in [0.2, 0.25) is 0 Å². The van der Waals surface area contributed by atoms with Crippen molar-refractivity contribution in [3.05, 3.63) is 54.1 Å². The van der Waals surface area contributed by atoms with Gasteiger partial charge in [-0.25, -0.2) is 0 Å². The number of nitrogens with one attached hydrogen (secondary N) is 1. The summed E-state index contributed by atoms with van der Waals surface area (Å²) in [4.78, 5) is 0. The van der Waals surface area contributed by atoms with Crippen LogP contribution in [0.5, 0.6) is 0 Å². The van der Waals surface area contributed by atoms with E-state index in [4.69, 9.17) is 4.42 Å². The van der Waals surface area contributed by atoms with E-state index in [1.807, 2.05) is 37.0 Å². The van der Waals surface area contributed by atoms with E-state index < -0.39 is 0 Å². The number of likely N-dealkylation sites (N-methyl/N-ethyl adjacent to an activating group) is 1. The summed E-state index contributed by atoms with van der Waals surface area (Å²) in [7, 11) is 3.92. The van der Waals surface area contributed by atoms with Gasteiger partial charge in [-0.15, -0.1) is 0 Å². The summed E-state index contributed by atoms with van der Waals surface area (Å²) in [6.45, 7) is 0. The van der Waals surface area contributed by atoms with Crippen molar-refractivity contribution in [1.82, 2.24) is 15.1 Å². The quantitative estimate of drug-likeness (QED) is 0.779. The largest absolute Gasteiger partial charge is 0.468 e. The molecule has 4 nitrogen and oxygen atoms in total. The summed E-state index contributed by atoms with van der Waals surface area (Å²) in [6.07, 6.45) is 2.52. The Kier molecular flexibility index (Phi) is 3.09. The topological polar surface area (TPSA) is 43.0 Å². The second-order valence-electron chi connectivity index (χ2n) is 4.65. The van der Waals surface area contributed by atoms with E-state index in [-0.39, 0.29) is 6.04 Å². The summed E-state index contributed by atoms with van der Waals surface area (Å²) >= 11 is 0. The third-order valence-corrected chi connectivity index (χ3v) is 3.47. The van der Waals surface area contributed by atoms with Crippen LogP contribution >= 0.6 is 0 Å². The minimum Gasteiger partial charge on any atom is -0.468 e. The second-order valence-corrected chi connectivity index (χ2v) is 4.65. The molecule has 0 fully saturated rings. The molecule has 19 heavy (non-hydrogen) atoms. The molecule has 3 rings (SSSR count). The highest BCUT2D eigenvalue weighted by atomic mass is 16.3. The van der Waals surface area contributed by atoms with E-state index in [1.165, 1.54) is 5.39 Å². The molecule has 1 aromatic carbocycles. The summed E-state index contributed by atoms with van der Waals surface area (Å²) < 4.78 is 7.41. The van der Waals surface area contributed by atoms with Crippen LogP contribution < -0.4 is 5.32 Å². The fourth-order valence-electron chi connectivity index (χ4n) is 2.47. The highest BCUT2D eigenvalue weighted by Gasteiger charge is 2.17. The molecule has 0 bridgehead atoms. The van der Waals surface area contributed by atoms with Crippen molar-refractivity contribution in [2.45, 2.75) is 12.5 Å². The number of aryl methyl sites for hydroxylation is 1. The third kappa shape index (κ3) is 2.15. The van der Waals surface area contributed by atoms with Crippen LogP contribution in [0.1, 0.15) is 17.5 Å². The summed E-state index contributed by atoms with van der Waals surface area (Å²) in [5.41, 5.74) is 2.25. The van der Waals surface area contributed by atoms with Crippen molar-refractivity contribution in [3.8, 4) is 0 Å². The van der Waals surface area contributed by atoms with Gasteiger partial charge < -0.3 is 9.73 Å². The summed E-state index contributed by atoms with van der Waals surface area (Å²) in [5.74, 6) is 0.942. The van der Waals surface area contributed by atoms with Crippen molar-refractivity contribution in [2.75, 3.05) is 7.05 Å². The maximum absolute atomic E-state index is 5.48. The predicted octanol–water partition coefficient (Wildman–Crippen LogP) is 2.67. The molecule has 0 amide bonds. The van der Waals surface area contributed by atoms with Crippen LogP contribution in [0.4, 0.5) is 0 Å². The number of aromatic nitrogens is 2. The monoisotopic (exact) mass is 255 g/mol. The standard InChI is InChI=1S/C15H17N3O/c1-16-13(15-8-5-9-19-15)10-12-11-6-3-4-7-14(11)18(2)17-12/h3-9,13,16H,10H2,1-2H3. The van der Waals surface area contributed by atoms with E-state index in [9.17, 15) is 0 Å². The van der Waals surface area contributed by atoms with Gasteiger partial charge in [0.25, 0.3) is 0 Å². The van der Waals surface area contributed by atoms with E-state index in [2.05, 4.69) is 28.6 Å². The van der Waals surface area contributed by atoms with Crippen LogP contribution in [-0.2, 0) is 13.5 Å². The van der Waals surface area contributed by atoms with Crippen molar-refractivity contribution in [1.29, 1.82) is 0 Å². The molecule has 0 aliphatic heterocycles. The van der Waals surface area contributed by atoms with E-state index in [0.29, 0.717) is 0 Å². The number of fused-ring (bicyclic) bond motifs is 1. The number of nitrogens with zero attached hydrogens (tertiary/aromatic N) is 2. The van der Waals surface area contributed by atoms with E-state index >= 15 is 0 Å². The van der Waals surface area contributed by atoms with Crippen LogP contribution in [0, 0.1) is 0 Å². The number of benzene rings is 1. The average Bonchev–Trinajstić information content (AvgIpc) is 3.06. The zero-order valence-electron chi connectivity index (χ0n) is 11.1. The normalized spacial score (nSPS) is 12.9. The second kappa shape index (κ2) is 4.90. The molecular weight excluding hydrogens is 238 g/mol. The lowest BCUT2D eigenvalue weighted by atomic mass is 10.1. The van der Waals surface area contributed by atoms with Crippen LogP contribution in [-0.4, -0.2) is 16.8 Å². The average molecular weight is 255 g/mol. The SMILES string of the molecule is CNC(Cc1nn(C)c2ccccc12)c1ccco1. The number of hydrogen-bond donors (Lipinski definition) is 1. The zero-order valence-corrected chi connectivity index (χ0v) is 11.1. The van der Waals surface area contributed by atoms with Gasteiger partial charge in [-0.3, -0.25) is 4.68 Å². The minimum atomic E-state index is 0.147. The van der Waals surface area contributed by atoms with Gasteiger partial charge in [0, 0.05) is 18.9 Å². The molecule has 2 heterocycles. The Balaban J connectivity index is 1.97. The first-order chi connectivity index (χ1) is 9.29. The van der Waals surface area contributed by atoms with Crippen LogP contribution in [0.15, 0.2) is 47.1 Å². The van der Waals surface area contributed by atoms with Crippen LogP contribution in [0.25, 0.3) is 10.9 Å². The first-order valence-electron chi connectivity index (χ1n) is 6.41. The Morgan fingerprint density at radius 2 is 2.11 bits per heavy atom. The Bertz CT molecular complexity index is 670. The highest BCUT2D eigenvalue weighted by molar-refractivity contribution is 5.81. The smallest absolute Gasteiger partial charge is 0.121 e. The zero-order chi connectivity index (χ0) is 13.2. The van der Waals surface area contributed by atoms with Gasteiger partial charge in [-0.2, -0.15) is 5.10 Å². The molecule has 0 radical (unpaired) electrons. The molecule has 1 atom stereocenters. The van der Waals surface area contributed by atoms with Gasteiger partial charge in [0.15, 0.2) is 0 Å².